The van der Waals surface area contributed by atoms with Gasteiger partial charge in [0, 0.05) is 11.6 Å². The van der Waals surface area contributed by atoms with E-state index in [0.717, 1.165) is 24.1 Å². The van der Waals surface area contributed by atoms with Crippen LogP contribution in [-0.2, 0) is 4.79 Å². The number of aromatic nitrogens is 1. The van der Waals surface area contributed by atoms with Crippen LogP contribution in [0, 0.1) is 19.8 Å². The molecule has 0 spiro atoms. The Kier molecular flexibility index (Phi) is 4.38. The van der Waals surface area contributed by atoms with E-state index in [0.29, 0.717) is 17.0 Å². The molecular weight excluding hydrogens is 306 g/mol. The van der Waals surface area contributed by atoms with Crippen LogP contribution in [0.15, 0.2) is 28.8 Å². The summed E-state index contributed by atoms with van der Waals surface area (Å²) in [6.45, 7) is 5.37. The van der Waals surface area contributed by atoms with Crippen LogP contribution in [0.5, 0.6) is 0 Å². The Morgan fingerprint density at radius 3 is 2.42 bits per heavy atom. The predicted molar refractivity (Wildman–Crippen MR) is 89.7 cm³/mol. The van der Waals surface area contributed by atoms with Gasteiger partial charge in [0.2, 0.25) is 5.91 Å². The fraction of sp³-hybridized carbons (Fsp3) is 0.389. The number of rotatable bonds is 5. The van der Waals surface area contributed by atoms with Gasteiger partial charge in [-0.25, -0.2) is 0 Å². The van der Waals surface area contributed by atoms with Gasteiger partial charge in [-0.15, -0.1) is 0 Å². The van der Waals surface area contributed by atoms with E-state index in [1.54, 1.807) is 13.8 Å². The summed E-state index contributed by atoms with van der Waals surface area (Å²) in [6.07, 6.45) is 1.96. The van der Waals surface area contributed by atoms with E-state index >= 15 is 0 Å². The molecule has 0 aliphatic heterocycles. The van der Waals surface area contributed by atoms with Gasteiger partial charge in [0.15, 0.2) is 0 Å². The first-order chi connectivity index (χ1) is 11.5. The van der Waals surface area contributed by atoms with Gasteiger partial charge in [0.05, 0.1) is 11.7 Å². The van der Waals surface area contributed by atoms with Crippen LogP contribution in [0.25, 0.3) is 0 Å². The first-order valence-electron chi connectivity index (χ1n) is 8.10. The lowest BCUT2D eigenvalue weighted by atomic mass is 10.1. The Morgan fingerprint density at radius 2 is 1.88 bits per heavy atom. The number of nitrogens with zero attached hydrogens (tertiary/aromatic N) is 1. The molecule has 1 aromatic heterocycles. The molecule has 1 atom stereocenters. The first kappa shape index (κ1) is 16.2. The van der Waals surface area contributed by atoms with E-state index in [9.17, 15) is 9.59 Å². The van der Waals surface area contributed by atoms with Crippen molar-refractivity contribution in [2.45, 2.75) is 39.7 Å². The normalized spacial score (nSPS) is 15.0. The van der Waals surface area contributed by atoms with Crippen molar-refractivity contribution in [3.63, 3.8) is 0 Å². The fourth-order valence-corrected chi connectivity index (χ4v) is 2.60. The molecule has 2 N–H and O–H groups in total. The molecule has 1 unspecified atom stereocenters. The molecule has 126 valence electrons. The van der Waals surface area contributed by atoms with Gasteiger partial charge >= 0.3 is 0 Å². The summed E-state index contributed by atoms with van der Waals surface area (Å²) < 4.78 is 5.03. The Morgan fingerprint density at radius 1 is 1.21 bits per heavy atom. The molecule has 3 rings (SSSR count). The van der Waals surface area contributed by atoms with Gasteiger partial charge in [-0.3, -0.25) is 9.59 Å². The maximum Gasteiger partial charge on any atom is 0.257 e. The van der Waals surface area contributed by atoms with E-state index in [-0.39, 0.29) is 23.8 Å². The van der Waals surface area contributed by atoms with E-state index in [2.05, 4.69) is 15.8 Å². The Balaban J connectivity index is 1.63. The third-order valence-electron chi connectivity index (χ3n) is 4.23. The Hall–Kier alpha value is -2.63. The topological polar surface area (TPSA) is 84.2 Å². The molecular formula is C18H21N3O3. The third-order valence-corrected chi connectivity index (χ3v) is 4.23. The van der Waals surface area contributed by atoms with E-state index < -0.39 is 0 Å². The minimum atomic E-state index is -0.204. The standard InChI is InChI=1S/C18H21N3O3/c1-10(19-18(23)16-11(2)21-24-12(16)3)13-6-8-15(9-7-13)20-17(22)14-4-5-14/h6-10,14H,4-5H2,1-3H3,(H,19,23)(H,20,22). The van der Waals surface area contributed by atoms with Gasteiger partial charge in [0.1, 0.15) is 11.3 Å². The van der Waals surface area contributed by atoms with Crippen LogP contribution in [0.3, 0.4) is 0 Å². The first-order valence-corrected chi connectivity index (χ1v) is 8.10. The lowest BCUT2D eigenvalue weighted by Gasteiger charge is -2.15. The van der Waals surface area contributed by atoms with Gasteiger partial charge in [-0.1, -0.05) is 17.3 Å². The second kappa shape index (κ2) is 6.47. The Bertz CT molecular complexity index is 741. The van der Waals surface area contributed by atoms with Crippen LogP contribution in [0.4, 0.5) is 5.69 Å². The number of anilines is 1. The van der Waals surface area contributed by atoms with Crippen molar-refractivity contribution in [3.8, 4) is 0 Å². The second-order valence-corrected chi connectivity index (χ2v) is 6.28. The highest BCUT2D eigenvalue weighted by Gasteiger charge is 2.29. The van der Waals surface area contributed by atoms with Crippen molar-refractivity contribution in [1.82, 2.24) is 10.5 Å². The maximum atomic E-state index is 12.4. The van der Waals surface area contributed by atoms with Gasteiger partial charge in [-0.05, 0) is 51.3 Å². The number of benzene rings is 1. The molecule has 0 radical (unpaired) electrons. The molecule has 6 heteroatoms. The van der Waals surface area contributed by atoms with Gasteiger partial charge in [-0.2, -0.15) is 0 Å². The molecule has 0 saturated heterocycles. The highest BCUT2D eigenvalue weighted by Crippen LogP contribution is 2.30. The fourth-order valence-electron chi connectivity index (χ4n) is 2.60. The van der Waals surface area contributed by atoms with E-state index in [1.165, 1.54) is 0 Å². The number of amides is 2. The van der Waals surface area contributed by atoms with Crippen LogP contribution >= 0.6 is 0 Å². The van der Waals surface area contributed by atoms with Gasteiger partial charge in [0.25, 0.3) is 5.91 Å². The number of carbonyl (C=O) groups is 2. The second-order valence-electron chi connectivity index (χ2n) is 6.28. The average molecular weight is 327 g/mol. The summed E-state index contributed by atoms with van der Waals surface area (Å²) in [4.78, 5) is 24.1. The van der Waals surface area contributed by atoms with Crippen molar-refractivity contribution in [3.05, 3.63) is 46.8 Å². The number of carbonyl (C=O) groups excluding carboxylic acids is 2. The molecule has 1 aliphatic carbocycles. The molecule has 1 fully saturated rings. The zero-order valence-electron chi connectivity index (χ0n) is 14.1. The highest BCUT2D eigenvalue weighted by molar-refractivity contribution is 5.96. The molecule has 0 bridgehead atoms. The molecule has 2 aromatic rings. The van der Waals surface area contributed by atoms with Gasteiger partial charge < -0.3 is 15.2 Å². The van der Waals surface area contributed by atoms with Crippen LogP contribution in [0.1, 0.15) is 53.2 Å². The molecule has 24 heavy (non-hydrogen) atoms. The minimum absolute atomic E-state index is 0.0857. The molecule has 1 aromatic carbocycles. The summed E-state index contributed by atoms with van der Waals surface area (Å²) in [7, 11) is 0. The average Bonchev–Trinajstić information content (AvgIpc) is 3.34. The van der Waals surface area contributed by atoms with E-state index in [4.69, 9.17) is 4.52 Å². The lowest BCUT2D eigenvalue weighted by Crippen LogP contribution is -2.27. The summed E-state index contributed by atoms with van der Waals surface area (Å²) >= 11 is 0. The minimum Gasteiger partial charge on any atom is -0.361 e. The monoisotopic (exact) mass is 327 g/mol. The van der Waals surface area contributed by atoms with Crippen molar-refractivity contribution in [2.75, 3.05) is 5.32 Å². The lowest BCUT2D eigenvalue weighted by molar-refractivity contribution is -0.117. The summed E-state index contributed by atoms with van der Waals surface area (Å²) in [6, 6.07) is 7.35. The maximum absolute atomic E-state index is 12.4. The molecule has 1 saturated carbocycles. The number of hydrogen-bond acceptors (Lipinski definition) is 4. The Labute approximate surface area is 140 Å². The third kappa shape index (κ3) is 3.48. The van der Waals surface area contributed by atoms with Crippen LogP contribution < -0.4 is 10.6 Å². The van der Waals surface area contributed by atoms with Crippen molar-refractivity contribution >= 4 is 17.5 Å². The summed E-state index contributed by atoms with van der Waals surface area (Å²) in [5.74, 6) is 0.570. The number of aryl methyl sites for hydroxylation is 2. The van der Waals surface area contributed by atoms with E-state index in [1.807, 2.05) is 31.2 Å². The molecule has 1 heterocycles. The smallest absolute Gasteiger partial charge is 0.257 e. The van der Waals surface area contributed by atoms with Crippen molar-refractivity contribution < 1.29 is 14.1 Å². The highest BCUT2D eigenvalue weighted by atomic mass is 16.5. The SMILES string of the molecule is Cc1noc(C)c1C(=O)NC(C)c1ccc(NC(=O)C2CC2)cc1. The zero-order chi connectivity index (χ0) is 17.3. The number of nitrogens with one attached hydrogen (secondary N) is 2. The quantitative estimate of drug-likeness (QED) is 0.883. The summed E-state index contributed by atoms with van der Waals surface area (Å²) in [5, 5.41) is 9.64. The number of hydrogen-bond donors (Lipinski definition) is 2. The van der Waals surface area contributed by atoms with Crippen LogP contribution in [0.2, 0.25) is 0 Å². The molecule has 2 amide bonds. The van der Waals surface area contributed by atoms with Crippen molar-refractivity contribution in [2.24, 2.45) is 5.92 Å². The van der Waals surface area contributed by atoms with Crippen LogP contribution in [-0.4, -0.2) is 17.0 Å². The predicted octanol–water partition coefficient (Wildman–Crippen LogP) is 3.13. The summed E-state index contributed by atoms with van der Waals surface area (Å²) in [5.41, 5.74) is 2.80. The molecule has 6 nitrogen and oxygen atoms in total. The zero-order valence-corrected chi connectivity index (χ0v) is 14.1. The largest absolute Gasteiger partial charge is 0.361 e. The van der Waals surface area contributed by atoms with Crippen molar-refractivity contribution in [1.29, 1.82) is 0 Å². The molecule has 1 aliphatic rings.